The number of carboxylic acid groups (broad SMARTS) is 1. The lowest BCUT2D eigenvalue weighted by atomic mass is 10.2. The van der Waals surface area contributed by atoms with E-state index in [9.17, 15) is 18.0 Å². The van der Waals surface area contributed by atoms with Crippen LogP contribution in [0, 0.1) is 11.3 Å². The molecule has 0 aliphatic carbocycles. The number of thiophene rings is 1. The van der Waals surface area contributed by atoms with Crippen molar-refractivity contribution in [3.63, 3.8) is 0 Å². The van der Waals surface area contributed by atoms with Crippen LogP contribution in [0.25, 0.3) is 0 Å². The number of hydrogen-bond donors (Lipinski definition) is 3. The number of carboxylic acids is 1. The van der Waals surface area contributed by atoms with Gasteiger partial charge in [-0.15, -0.1) is 11.3 Å². The van der Waals surface area contributed by atoms with Gasteiger partial charge in [0, 0.05) is 6.42 Å². The van der Waals surface area contributed by atoms with Crippen molar-refractivity contribution in [2.24, 2.45) is 5.73 Å². The molecule has 0 aliphatic heterocycles. The first kappa shape index (κ1) is 16.1. The Bertz CT molecular complexity index is 659. The number of nitrogens with zero attached hydrogens (tertiary/aromatic N) is 1. The lowest BCUT2D eigenvalue weighted by molar-refractivity contribution is -0.139. The average molecular weight is 317 g/mol. The second kappa shape index (κ2) is 6.47. The fourth-order valence-electron chi connectivity index (χ4n) is 1.29. The number of sulfonamides is 1. The number of rotatable bonds is 7. The highest BCUT2D eigenvalue weighted by Crippen LogP contribution is 2.21. The van der Waals surface area contributed by atoms with Gasteiger partial charge in [-0.25, -0.2) is 8.42 Å². The van der Waals surface area contributed by atoms with Gasteiger partial charge in [-0.1, -0.05) is 0 Å². The van der Waals surface area contributed by atoms with Crippen LogP contribution < -0.4 is 10.5 Å². The standard InChI is InChI=1S/C10H11N3O5S2/c11-5-6-1-4-9(19-6)20(17,18)13-7(10(15)16)2-3-8(12)14/h1,4,7,13H,2-3H2,(H2,12,14)(H,15,16). The smallest absolute Gasteiger partial charge is 0.321 e. The Labute approximate surface area is 118 Å². The number of primary amides is 1. The molecule has 0 spiro atoms. The van der Waals surface area contributed by atoms with Crippen LogP contribution in [0.4, 0.5) is 0 Å². The van der Waals surface area contributed by atoms with E-state index >= 15 is 0 Å². The summed E-state index contributed by atoms with van der Waals surface area (Å²) in [4.78, 5) is 21.8. The van der Waals surface area contributed by atoms with E-state index in [-0.39, 0.29) is 21.9 Å². The molecule has 10 heteroatoms. The zero-order chi connectivity index (χ0) is 15.3. The summed E-state index contributed by atoms with van der Waals surface area (Å²) in [5.41, 5.74) is 4.89. The van der Waals surface area contributed by atoms with Crippen LogP contribution in [0.1, 0.15) is 17.7 Å². The van der Waals surface area contributed by atoms with Crippen molar-refractivity contribution in [3.8, 4) is 6.07 Å². The molecule has 0 aromatic carbocycles. The van der Waals surface area contributed by atoms with Crippen molar-refractivity contribution in [1.29, 1.82) is 5.26 Å². The molecule has 0 radical (unpaired) electrons. The number of nitrogens with one attached hydrogen (secondary N) is 1. The third-order valence-corrected chi connectivity index (χ3v) is 5.18. The monoisotopic (exact) mass is 317 g/mol. The number of carbonyl (C=O) groups is 2. The summed E-state index contributed by atoms with van der Waals surface area (Å²) >= 11 is 0.722. The highest BCUT2D eigenvalue weighted by atomic mass is 32.2. The predicted octanol–water partition coefficient (Wildman–Crippen LogP) is -0.383. The quantitative estimate of drug-likeness (QED) is 0.623. The van der Waals surface area contributed by atoms with Crippen LogP contribution in [-0.4, -0.2) is 31.4 Å². The normalized spacial score (nSPS) is 12.6. The first-order chi connectivity index (χ1) is 9.26. The van der Waals surface area contributed by atoms with Gasteiger partial charge in [0.15, 0.2) is 0 Å². The Balaban J connectivity index is 2.89. The van der Waals surface area contributed by atoms with Crippen molar-refractivity contribution >= 4 is 33.2 Å². The van der Waals surface area contributed by atoms with Crippen molar-refractivity contribution in [1.82, 2.24) is 4.72 Å². The molecule has 1 aromatic rings. The number of amides is 1. The number of hydrogen-bond acceptors (Lipinski definition) is 6. The van der Waals surface area contributed by atoms with Crippen molar-refractivity contribution in [3.05, 3.63) is 17.0 Å². The van der Waals surface area contributed by atoms with E-state index in [4.69, 9.17) is 16.1 Å². The van der Waals surface area contributed by atoms with Crippen molar-refractivity contribution in [2.75, 3.05) is 0 Å². The molecule has 1 amide bonds. The molecule has 1 aromatic heterocycles. The fourth-order valence-corrected chi connectivity index (χ4v) is 3.63. The number of carbonyl (C=O) groups excluding carboxylic acids is 1. The van der Waals surface area contributed by atoms with E-state index in [2.05, 4.69) is 0 Å². The molecule has 1 rings (SSSR count). The van der Waals surface area contributed by atoms with E-state index < -0.39 is 27.9 Å². The minimum atomic E-state index is -4.06. The van der Waals surface area contributed by atoms with Crippen molar-refractivity contribution < 1.29 is 23.1 Å². The van der Waals surface area contributed by atoms with E-state index in [0.29, 0.717) is 0 Å². The van der Waals surface area contributed by atoms with Crippen molar-refractivity contribution in [2.45, 2.75) is 23.1 Å². The second-order valence-electron chi connectivity index (χ2n) is 3.75. The molecular formula is C10H11N3O5S2. The SMILES string of the molecule is N#Cc1ccc(S(=O)(=O)NC(CCC(N)=O)C(=O)O)s1. The molecule has 8 nitrogen and oxygen atoms in total. The molecule has 1 atom stereocenters. The molecule has 1 heterocycles. The average Bonchev–Trinajstić information content (AvgIpc) is 2.83. The zero-order valence-electron chi connectivity index (χ0n) is 10.1. The molecule has 0 saturated carbocycles. The Morgan fingerprint density at radius 3 is 2.60 bits per heavy atom. The van der Waals surface area contributed by atoms with Gasteiger partial charge in [-0.3, -0.25) is 9.59 Å². The van der Waals surface area contributed by atoms with Gasteiger partial charge in [0.2, 0.25) is 5.91 Å². The maximum absolute atomic E-state index is 11.9. The maximum Gasteiger partial charge on any atom is 0.321 e. The van der Waals surface area contributed by atoms with E-state index in [1.54, 1.807) is 6.07 Å². The van der Waals surface area contributed by atoms with Crippen LogP contribution in [0.3, 0.4) is 0 Å². The third kappa shape index (κ3) is 4.30. The summed E-state index contributed by atoms with van der Waals surface area (Å²) in [6, 6.07) is 2.85. The highest BCUT2D eigenvalue weighted by Gasteiger charge is 2.26. The topological polar surface area (TPSA) is 150 Å². The number of aliphatic carboxylic acids is 1. The van der Waals surface area contributed by atoms with Crippen LogP contribution >= 0.6 is 11.3 Å². The molecule has 0 aliphatic rings. The maximum atomic E-state index is 11.9. The molecule has 0 bridgehead atoms. The number of nitrogens with two attached hydrogens (primary N) is 1. The summed E-state index contributed by atoms with van der Waals surface area (Å²) in [6.07, 6.45) is -0.506. The van der Waals surface area contributed by atoms with Gasteiger partial charge in [0.05, 0.1) is 0 Å². The Hall–Kier alpha value is -1.96. The molecule has 20 heavy (non-hydrogen) atoms. The van der Waals surface area contributed by atoms with Crippen LogP contribution in [0.2, 0.25) is 0 Å². The van der Waals surface area contributed by atoms with E-state index in [1.165, 1.54) is 12.1 Å². The van der Waals surface area contributed by atoms with Gasteiger partial charge in [-0.05, 0) is 18.6 Å². The van der Waals surface area contributed by atoms with Gasteiger partial charge < -0.3 is 10.8 Å². The summed E-state index contributed by atoms with van der Waals surface area (Å²) in [5.74, 6) is -2.13. The van der Waals surface area contributed by atoms with Crippen LogP contribution in [-0.2, 0) is 19.6 Å². The van der Waals surface area contributed by atoms with Crippen LogP contribution in [0.5, 0.6) is 0 Å². The van der Waals surface area contributed by atoms with Gasteiger partial charge in [0.1, 0.15) is 21.2 Å². The predicted molar refractivity (Wildman–Crippen MR) is 69.2 cm³/mol. The molecule has 0 fully saturated rings. The lowest BCUT2D eigenvalue weighted by Gasteiger charge is -2.12. The zero-order valence-corrected chi connectivity index (χ0v) is 11.7. The largest absolute Gasteiger partial charge is 0.480 e. The van der Waals surface area contributed by atoms with E-state index in [0.717, 1.165) is 11.3 Å². The van der Waals surface area contributed by atoms with Crippen LogP contribution in [0.15, 0.2) is 16.3 Å². The summed E-state index contributed by atoms with van der Waals surface area (Å²) < 4.78 is 25.7. The fraction of sp³-hybridized carbons (Fsp3) is 0.300. The Morgan fingerprint density at radius 2 is 2.15 bits per heavy atom. The Morgan fingerprint density at radius 1 is 1.50 bits per heavy atom. The summed E-state index contributed by atoms with van der Waals surface area (Å²) in [6.45, 7) is 0. The molecule has 108 valence electrons. The third-order valence-electron chi connectivity index (χ3n) is 2.23. The minimum absolute atomic E-state index is 0.167. The molecule has 1 unspecified atom stereocenters. The lowest BCUT2D eigenvalue weighted by Crippen LogP contribution is -2.41. The first-order valence-electron chi connectivity index (χ1n) is 5.29. The number of nitriles is 1. The highest BCUT2D eigenvalue weighted by molar-refractivity contribution is 7.91. The molecular weight excluding hydrogens is 306 g/mol. The summed E-state index contributed by atoms with van der Waals surface area (Å²) in [7, 11) is -4.06. The van der Waals surface area contributed by atoms with Gasteiger partial charge >= 0.3 is 5.97 Å². The minimum Gasteiger partial charge on any atom is -0.480 e. The molecule has 4 N–H and O–H groups in total. The Kier molecular flexibility index (Phi) is 5.20. The summed E-state index contributed by atoms with van der Waals surface area (Å²) in [5, 5.41) is 17.6. The molecule has 0 saturated heterocycles. The van der Waals surface area contributed by atoms with E-state index in [1.807, 2.05) is 4.72 Å². The second-order valence-corrected chi connectivity index (χ2v) is 6.77. The van der Waals surface area contributed by atoms with Gasteiger partial charge in [0.25, 0.3) is 10.0 Å². The van der Waals surface area contributed by atoms with Gasteiger partial charge in [-0.2, -0.15) is 9.98 Å². The first-order valence-corrected chi connectivity index (χ1v) is 7.59.